The molecule has 0 nitrogen and oxygen atoms in total. The highest BCUT2D eigenvalue weighted by Gasteiger charge is 2.36. The summed E-state index contributed by atoms with van der Waals surface area (Å²) in [5.74, 6) is 3.10. The van der Waals surface area contributed by atoms with Crippen molar-refractivity contribution in [3.8, 4) is 0 Å². The van der Waals surface area contributed by atoms with E-state index in [1.807, 2.05) is 0 Å². The molecule has 2 saturated carbocycles. The predicted octanol–water partition coefficient (Wildman–Crippen LogP) is 4.45. The lowest BCUT2D eigenvalue weighted by atomic mass is 9.60. The Balaban J connectivity index is 1.86. The third-order valence-corrected chi connectivity index (χ3v) is 5.75. The summed E-state index contributed by atoms with van der Waals surface area (Å²) in [5, 5.41) is 0. The topological polar surface area (TPSA) is 0 Å². The zero-order valence-corrected chi connectivity index (χ0v) is 12.3. The Morgan fingerprint density at radius 2 is 1.53 bits per heavy atom. The van der Waals surface area contributed by atoms with E-state index >= 15 is 0 Å². The van der Waals surface area contributed by atoms with Crippen LogP contribution >= 0.6 is 0 Å². The molecule has 0 saturated heterocycles. The summed E-state index contributed by atoms with van der Waals surface area (Å²) in [4.78, 5) is 0. The average molecular weight is 234 g/mol. The van der Waals surface area contributed by atoms with Crippen molar-refractivity contribution in [2.45, 2.75) is 78.0 Å². The quantitative estimate of drug-likeness (QED) is 0.630. The summed E-state index contributed by atoms with van der Waals surface area (Å²) in [6.07, 6.45) is 15.2. The lowest BCUT2D eigenvalue weighted by molar-refractivity contribution is 0.113. The molecule has 0 aromatic rings. The van der Waals surface area contributed by atoms with E-state index in [4.69, 9.17) is 0 Å². The molecule has 2 aliphatic rings. The molecule has 2 fully saturated rings. The second-order valence-electron chi connectivity index (χ2n) is 7.33. The molecule has 0 atom stereocenters. The largest absolute Gasteiger partial charge is 0.102 e. The van der Waals surface area contributed by atoms with Crippen LogP contribution < -0.4 is 0 Å². The van der Waals surface area contributed by atoms with Crippen molar-refractivity contribution in [3.63, 3.8) is 0 Å². The fourth-order valence-corrected chi connectivity index (χ4v) is 4.72. The molecular formula is C16H31B. The zero-order valence-electron chi connectivity index (χ0n) is 12.3. The lowest BCUT2D eigenvalue weighted by Crippen LogP contribution is -2.30. The molecule has 2 rings (SSSR count). The van der Waals surface area contributed by atoms with Gasteiger partial charge in [0.1, 0.15) is 7.85 Å². The van der Waals surface area contributed by atoms with Crippen molar-refractivity contribution in [2.24, 2.45) is 23.2 Å². The molecule has 0 spiro atoms. The molecule has 0 heterocycles. The van der Waals surface area contributed by atoms with Crippen LogP contribution in [-0.4, -0.2) is 7.85 Å². The summed E-state index contributed by atoms with van der Waals surface area (Å²) in [6.45, 7) is 4.81. The van der Waals surface area contributed by atoms with Crippen molar-refractivity contribution >= 4 is 7.85 Å². The first-order valence-corrected chi connectivity index (χ1v) is 8.15. The summed E-state index contributed by atoms with van der Waals surface area (Å²) in [6, 6.07) is 0. The van der Waals surface area contributed by atoms with Crippen LogP contribution in [0.1, 0.15) is 71.6 Å². The van der Waals surface area contributed by atoms with Crippen molar-refractivity contribution in [1.82, 2.24) is 0 Å². The Morgan fingerprint density at radius 3 is 2.00 bits per heavy atom. The van der Waals surface area contributed by atoms with Crippen LogP contribution in [0.15, 0.2) is 0 Å². The van der Waals surface area contributed by atoms with Gasteiger partial charge in [0.05, 0.1) is 0 Å². The highest BCUT2D eigenvalue weighted by molar-refractivity contribution is 6.09. The van der Waals surface area contributed by atoms with E-state index in [1.165, 1.54) is 38.4 Å². The van der Waals surface area contributed by atoms with E-state index in [9.17, 15) is 0 Å². The Morgan fingerprint density at radius 1 is 1.00 bits per heavy atom. The normalized spacial score (nSPS) is 35.6. The molecule has 0 unspecified atom stereocenters. The molecule has 0 aliphatic heterocycles. The molecule has 0 amide bonds. The van der Waals surface area contributed by atoms with E-state index in [0.29, 0.717) is 0 Å². The van der Waals surface area contributed by atoms with Gasteiger partial charge in [0.15, 0.2) is 0 Å². The van der Waals surface area contributed by atoms with Crippen LogP contribution in [0.25, 0.3) is 0 Å². The van der Waals surface area contributed by atoms with Crippen LogP contribution in [0, 0.1) is 23.2 Å². The third kappa shape index (κ3) is 3.29. The zero-order chi connectivity index (χ0) is 12.3. The second kappa shape index (κ2) is 5.80. The maximum absolute atomic E-state index is 2.43. The first kappa shape index (κ1) is 13.5. The summed E-state index contributed by atoms with van der Waals surface area (Å²) in [5.41, 5.74) is 0.725. The summed E-state index contributed by atoms with van der Waals surface area (Å²) < 4.78 is 0. The second-order valence-corrected chi connectivity index (χ2v) is 7.33. The highest BCUT2D eigenvalue weighted by Crippen LogP contribution is 2.49. The number of hydrogen-bond acceptors (Lipinski definition) is 0. The predicted molar refractivity (Wildman–Crippen MR) is 79.2 cm³/mol. The van der Waals surface area contributed by atoms with Crippen molar-refractivity contribution < 1.29 is 0 Å². The standard InChI is InChI=1S/C16H31B/c1-13(2)11-16(12-17)9-7-15(8-10-16)14-5-3-4-6-14/h13-15H,3-12,17H2,1-2H3. The Bertz CT molecular complexity index is 220. The van der Waals surface area contributed by atoms with Crippen LogP contribution in [-0.2, 0) is 0 Å². The first-order valence-electron chi connectivity index (χ1n) is 8.15. The Hall–Kier alpha value is 0.0649. The van der Waals surface area contributed by atoms with E-state index in [1.54, 1.807) is 25.7 Å². The molecule has 0 radical (unpaired) electrons. The third-order valence-electron chi connectivity index (χ3n) is 5.75. The van der Waals surface area contributed by atoms with Crippen molar-refractivity contribution in [1.29, 1.82) is 0 Å². The molecule has 1 heteroatoms. The summed E-state index contributed by atoms with van der Waals surface area (Å²) in [7, 11) is 2.43. The molecule has 0 N–H and O–H groups in total. The van der Waals surface area contributed by atoms with Gasteiger partial charge < -0.3 is 0 Å². The van der Waals surface area contributed by atoms with Crippen LogP contribution in [0.4, 0.5) is 0 Å². The minimum absolute atomic E-state index is 0.725. The molecule has 0 aromatic carbocycles. The maximum Gasteiger partial charge on any atom is 0.102 e. The van der Waals surface area contributed by atoms with Gasteiger partial charge in [0.2, 0.25) is 0 Å². The van der Waals surface area contributed by atoms with Gasteiger partial charge >= 0.3 is 0 Å². The van der Waals surface area contributed by atoms with E-state index < -0.39 is 0 Å². The van der Waals surface area contributed by atoms with Gasteiger partial charge in [-0.3, -0.25) is 0 Å². The lowest BCUT2D eigenvalue weighted by Gasteiger charge is -2.42. The molecule has 0 bridgehead atoms. The monoisotopic (exact) mass is 234 g/mol. The van der Waals surface area contributed by atoms with Gasteiger partial charge in [-0.05, 0) is 55.3 Å². The smallest absolute Gasteiger partial charge is 0.0755 e. The van der Waals surface area contributed by atoms with Crippen molar-refractivity contribution in [2.75, 3.05) is 0 Å². The molecule has 2 aliphatic carbocycles. The van der Waals surface area contributed by atoms with Crippen molar-refractivity contribution in [3.05, 3.63) is 0 Å². The van der Waals surface area contributed by atoms with Crippen LogP contribution in [0.3, 0.4) is 0 Å². The average Bonchev–Trinajstić information content (AvgIpc) is 2.83. The fraction of sp³-hybridized carbons (Fsp3) is 1.00. The maximum atomic E-state index is 2.43. The fourth-order valence-electron chi connectivity index (χ4n) is 4.72. The Kier molecular flexibility index (Phi) is 4.61. The van der Waals surface area contributed by atoms with E-state index in [2.05, 4.69) is 21.7 Å². The van der Waals surface area contributed by atoms with Gasteiger partial charge in [0.25, 0.3) is 0 Å². The summed E-state index contributed by atoms with van der Waals surface area (Å²) >= 11 is 0. The Labute approximate surface area is 109 Å². The molecule has 0 aromatic heterocycles. The molecule has 98 valence electrons. The first-order chi connectivity index (χ1) is 8.15. The van der Waals surface area contributed by atoms with Crippen LogP contribution in [0.5, 0.6) is 0 Å². The minimum Gasteiger partial charge on any atom is -0.0755 e. The van der Waals surface area contributed by atoms with E-state index in [0.717, 1.165) is 23.2 Å². The van der Waals surface area contributed by atoms with Gasteiger partial charge in [-0.25, -0.2) is 0 Å². The highest BCUT2D eigenvalue weighted by atomic mass is 14.4. The minimum atomic E-state index is 0.725. The molecule has 17 heavy (non-hydrogen) atoms. The van der Waals surface area contributed by atoms with Crippen LogP contribution in [0.2, 0.25) is 6.32 Å². The van der Waals surface area contributed by atoms with Gasteiger partial charge in [-0.2, -0.15) is 0 Å². The molecular weight excluding hydrogens is 203 g/mol. The van der Waals surface area contributed by atoms with Gasteiger partial charge in [0, 0.05) is 0 Å². The SMILES string of the molecule is BCC1(CC(C)C)CCC(C2CCCC2)CC1. The van der Waals surface area contributed by atoms with Gasteiger partial charge in [-0.1, -0.05) is 45.9 Å². The van der Waals surface area contributed by atoms with E-state index in [-0.39, 0.29) is 0 Å². The number of rotatable bonds is 4. The van der Waals surface area contributed by atoms with Gasteiger partial charge in [-0.15, -0.1) is 0 Å². The number of hydrogen-bond donors (Lipinski definition) is 0.